The summed E-state index contributed by atoms with van der Waals surface area (Å²) in [5, 5.41) is 4.43. The molecule has 0 atom stereocenters. The average molecular weight is 279 g/mol. The van der Waals surface area contributed by atoms with Crippen molar-refractivity contribution >= 4 is 35.1 Å². The Hall–Kier alpha value is -1.65. The molecule has 1 aromatic heterocycles. The average Bonchev–Trinajstić information content (AvgIpc) is 2.75. The van der Waals surface area contributed by atoms with E-state index in [0.717, 1.165) is 4.88 Å². The van der Waals surface area contributed by atoms with Gasteiger partial charge in [-0.2, -0.15) is 5.10 Å². The summed E-state index contributed by atoms with van der Waals surface area (Å²) in [5.41, 5.74) is 2.95. The predicted molar refractivity (Wildman–Crippen MR) is 75.6 cm³/mol. The lowest BCUT2D eigenvalue weighted by Crippen LogP contribution is -2.17. The summed E-state index contributed by atoms with van der Waals surface area (Å²) in [7, 11) is 0. The van der Waals surface area contributed by atoms with Crippen molar-refractivity contribution in [2.45, 2.75) is 6.92 Å². The van der Waals surface area contributed by atoms with Gasteiger partial charge in [0.25, 0.3) is 5.91 Å². The number of nitrogens with one attached hydrogen (secondary N) is 1. The van der Waals surface area contributed by atoms with Crippen molar-refractivity contribution < 1.29 is 4.79 Å². The van der Waals surface area contributed by atoms with Gasteiger partial charge < -0.3 is 0 Å². The maximum Gasteiger partial charge on any atom is 0.271 e. The number of amides is 1. The quantitative estimate of drug-likeness (QED) is 0.678. The lowest BCUT2D eigenvalue weighted by Gasteiger charge is -1.99. The van der Waals surface area contributed by atoms with Crippen LogP contribution in [-0.4, -0.2) is 12.1 Å². The number of carbonyl (C=O) groups excluding carboxylic acids is 1. The fraction of sp³-hybridized carbons (Fsp3) is 0.0769. The maximum absolute atomic E-state index is 11.7. The molecule has 1 heterocycles. The van der Waals surface area contributed by atoms with Crippen LogP contribution in [0.4, 0.5) is 0 Å². The zero-order valence-corrected chi connectivity index (χ0v) is 11.3. The Labute approximate surface area is 114 Å². The Balaban J connectivity index is 1.98. The molecule has 0 spiro atoms. The molecule has 1 amide bonds. The van der Waals surface area contributed by atoms with Crippen LogP contribution in [0.5, 0.6) is 0 Å². The minimum absolute atomic E-state index is 0.276. The zero-order chi connectivity index (χ0) is 13.0. The van der Waals surface area contributed by atoms with Gasteiger partial charge in [-0.25, -0.2) is 5.43 Å². The van der Waals surface area contributed by atoms with Crippen LogP contribution in [0.2, 0.25) is 5.02 Å². The predicted octanol–water partition coefficient (Wildman–Crippen LogP) is 3.47. The molecule has 2 aromatic rings. The van der Waals surface area contributed by atoms with E-state index >= 15 is 0 Å². The van der Waals surface area contributed by atoms with Gasteiger partial charge in [-0.1, -0.05) is 17.7 Å². The molecule has 0 aliphatic rings. The van der Waals surface area contributed by atoms with Gasteiger partial charge >= 0.3 is 0 Å². The van der Waals surface area contributed by atoms with Gasteiger partial charge in [-0.15, -0.1) is 11.3 Å². The van der Waals surface area contributed by atoms with Gasteiger partial charge in [0.2, 0.25) is 0 Å². The topological polar surface area (TPSA) is 41.5 Å². The maximum atomic E-state index is 11.7. The summed E-state index contributed by atoms with van der Waals surface area (Å²) in [6, 6.07) is 10.7. The molecule has 0 saturated heterocycles. The normalized spacial score (nSPS) is 10.8. The SMILES string of the molecule is Cc1ccc(C=NNC(=O)c2cccc(Cl)c2)s1. The number of halogens is 1. The molecular formula is C13H11ClN2OS. The highest BCUT2D eigenvalue weighted by molar-refractivity contribution is 7.13. The first-order chi connectivity index (χ1) is 8.65. The van der Waals surface area contributed by atoms with Crippen molar-refractivity contribution in [2.75, 3.05) is 0 Å². The second kappa shape index (κ2) is 5.80. The van der Waals surface area contributed by atoms with Crippen LogP contribution >= 0.6 is 22.9 Å². The zero-order valence-electron chi connectivity index (χ0n) is 9.68. The molecule has 0 bridgehead atoms. The molecule has 0 saturated carbocycles. The molecule has 18 heavy (non-hydrogen) atoms. The van der Waals surface area contributed by atoms with E-state index in [1.165, 1.54) is 4.88 Å². The monoisotopic (exact) mass is 278 g/mol. The Morgan fingerprint density at radius 2 is 2.22 bits per heavy atom. The number of hydrazone groups is 1. The number of carbonyl (C=O) groups is 1. The number of hydrogen-bond donors (Lipinski definition) is 1. The smallest absolute Gasteiger partial charge is 0.267 e. The molecule has 0 fully saturated rings. The summed E-state index contributed by atoms with van der Waals surface area (Å²) in [5.74, 6) is -0.276. The van der Waals surface area contributed by atoms with Crippen molar-refractivity contribution in [3.63, 3.8) is 0 Å². The molecule has 0 aliphatic heterocycles. The van der Waals surface area contributed by atoms with Gasteiger partial charge in [-0.05, 0) is 37.3 Å². The third-order valence-corrected chi connectivity index (χ3v) is 3.38. The Morgan fingerprint density at radius 1 is 1.39 bits per heavy atom. The van der Waals surface area contributed by atoms with Crippen LogP contribution in [0.15, 0.2) is 41.5 Å². The van der Waals surface area contributed by atoms with Gasteiger partial charge in [0, 0.05) is 20.3 Å². The molecular weight excluding hydrogens is 268 g/mol. The largest absolute Gasteiger partial charge is 0.271 e. The number of hydrogen-bond acceptors (Lipinski definition) is 3. The second-order valence-electron chi connectivity index (χ2n) is 3.66. The van der Waals surface area contributed by atoms with E-state index in [4.69, 9.17) is 11.6 Å². The van der Waals surface area contributed by atoms with Crippen LogP contribution in [0.3, 0.4) is 0 Å². The summed E-state index contributed by atoms with van der Waals surface area (Å²) in [4.78, 5) is 13.9. The van der Waals surface area contributed by atoms with Crippen LogP contribution < -0.4 is 5.43 Å². The van der Waals surface area contributed by atoms with E-state index < -0.39 is 0 Å². The van der Waals surface area contributed by atoms with Crippen molar-refractivity contribution in [3.05, 3.63) is 56.7 Å². The van der Waals surface area contributed by atoms with Crippen molar-refractivity contribution in [1.82, 2.24) is 5.43 Å². The number of thiophene rings is 1. The molecule has 5 heteroatoms. The first kappa shape index (κ1) is 12.8. The van der Waals surface area contributed by atoms with Gasteiger partial charge in [0.1, 0.15) is 0 Å². The van der Waals surface area contributed by atoms with E-state index in [1.807, 2.05) is 19.1 Å². The molecule has 1 aromatic carbocycles. The Bertz CT molecular complexity index is 592. The summed E-state index contributed by atoms with van der Waals surface area (Å²) in [6.07, 6.45) is 1.63. The van der Waals surface area contributed by atoms with E-state index in [1.54, 1.807) is 41.8 Å². The van der Waals surface area contributed by atoms with Crippen LogP contribution in [0.1, 0.15) is 20.1 Å². The number of aryl methyl sites for hydroxylation is 1. The third kappa shape index (κ3) is 3.42. The van der Waals surface area contributed by atoms with Crippen LogP contribution in [0.25, 0.3) is 0 Å². The van der Waals surface area contributed by atoms with Crippen molar-refractivity contribution in [1.29, 1.82) is 0 Å². The summed E-state index contributed by atoms with van der Waals surface area (Å²) in [6.45, 7) is 2.02. The number of rotatable bonds is 3. The minimum atomic E-state index is -0.276. The van der Waals surface area contributed by atoms with Gasteiger partial charge in [0.05, 0.1) is 6.21 Å². The van der Waals surface area contributed by atoms with Gasteiger partial charge in [0.15, 0.2) is 0 Å². The molecule has 2 rings (SSSR count). The molecule has 0 aliphatic carbocycles. The van der Waals surface area contributed by atoms with Crippen molar-refractivity contribution in [2.24, 2.45) is 5.10 Å². The Morgan fingerprint density at radius 3 is 2.89 bits per heavy atom. The minimum Gasteiger partial charge on any atom is -0.267 e. The van der Waals surface area contributed by atoms with Crippen molar-refractivity contribution in [3.8, 4) is 0 Å². The lowest BCUT2D eigenvalue weighted by molar-refractivity contribution is 0.0955. The highest BCUT2D eigenvalue weighted by Crippen LogP contribution is 2.12. The van der Waals surface area contributed by atoms with Crippen LogP contribution in [-0.2, 0) is 0 Å². The first-order valence-electron chi connectivity index (χ1n) is 5.30. The lowest BCUT2D eigenvalue weighted by atomic mass is 10.2. The molecule has 0 radical (unpaired) electrons. The fourth-order valence-corrected chi connectivity index (χ4v) is 2.31. The summed E-state index contributed by atoms with van der Waals surface area (Å²) >= 11 is 7.42. The number of benzene rings is 1. The highest BCUT2D eigenvalue weighted by Gasteiger charge is 2.03. The second-order valence-corrected chi connectivity index (χ2v) is 5.41. The van der Waals surface area contributed by atoms with E-state index in [2.05, 4.69) is 10.5 Å². The first-order valence-corrected chi connectivity index (χ1v) is 6.50. The Kier molecular flexibility index (Phi) is 4.12. The third-order valence-electron chi connectivity index (χ3n) is 2.21. The number of nitrogens with zero attached hydrogens (tertiary/aromatic N) is 1. The standard InChI is InChI=1S/C13H11ClN2OS/c1-9-5-6-12(18-9)8-15-16-13(17)10-3-2-4-11(14)7-10/h2-8H,1H3,(H,16,17). The molecule has 92 valence electrons. The molecule has 1 N–H and O–H groups in total. The summed E-state index contributed by atoms with van der Waals surface area (Å²) < 4.78 is 0. The van der Waals surface area contributed by atoms with E-state index in [0.29, 0.717) is 10.6 Å². The molecule has 3 nitrogen and oxygen atoms in total. The molecule has 0 unspecified atom stereocenters. The van der Waals surface area contributed by atoms with Gasteiger partial charge in [-0.3, -0.25) is 4.79 Å². The highest BCUT2D eigenvalue weighted by atomic mass is 35.5. The van der Waals surface area contributed by atoms with E-state index in [9.17, 15) is 4.79 Å². The van der Waals surface area contributed by atoms with Crippen LogP contribution in [0, 0.1) is 6.92 Å². The van der Waals surface area contributed by atoms with E-state index in [-0.39, 0.29) is 5.91 Å². The fourth-order valence-electron chi connectivity index (χ4n) is 1.37.